The van der Waals surface area contributed by atoms with Crippen LogP contribution in [0.4, 0.5) is 13.9 Å². The standard InChI is InChI=1S/C28H36F2N6O4S/c1-4-36-22(10-12-32-36)26(39)34-25(19-7-5-18(2)6-8-19)21(15-38)33-27-31-13-24(41-27)23(16-40-3)35-17-28(29,30)11-9-20(35)14-37/h10,12-13,18-19,23,25H,4-9,11,16-17H2,1-3H3,(H,31,33)(H,34,39)/t18?,19?,23-,25+/m1/s1/i1D3,4D2. The van der Waals surface area contributed by atoms with Crippen molar-refractivity contribution in [3.8, 4) is 0 Å². The second-order valence-electron chi connectivity index (χ2n) is 10.4. The van der Waals surface area contributed by atoms with E-state index in [0.717, 1.165) is 30.4 Å². The Morgan fingerprint density at radius 2 is 2.15 bits per heavy atom. The molecule has 2 aromatic heterocycles. The van der Waals surface area contributed by atoms with E-state index in [9.17, 15) is 23.2 Å². The molecule has 0 radical (unpaired) electrons. The Hall–Kier alpha value is -3.37. The molecule has 1 amide bonds. The zero-order valence-electron chi connectivity index (χ0n) is 27.8. The van der Waals surface area contributed by atoms with Gasteiger partial charge in [-0.05, 0) is 37.6 Å². The van der Waals surface area contributed by atoms with Gasteiger partial charge in [-0.1, -0.05) is 31.1 Å². The highest BCUT2D eigenvalue weighted by Gasteiger charge is 2.41. The Morgan fingerprint density at radius 1 is 1.37 bits per heavy atom. The normalized spacial score (nSPS) is 24.3. The van der Waals surface area contributed by atoms with Gasteiger partial charge in [0.15, 0.2) is 5.13 Å². The molecule has 1 aliphatic heterocycles. The summed E-state index contributed by atoms with van der Waals surface area (Å²) in [7, 11) is 1.40. The maximum Gasteiger partial charge on any atom is 0.270 e. The Morgan fingerprint density at radius 3 is 2.83 bits per heavy atom. The number of hydrogen-bond acceptors (Lipinski definition) is 9. The van der Waals surface area contributed by atoms with E-state index < -0.39 is 50.2 Å². The van der Waals surface area contributed by atoms with Crippen molar-refractivity contribution in [3.63, 3.8) is 0 Å². The summed E-state index contributed by atoms with van der Waals surface area (Å²) < 4.78 is 73.4. The van der Waals surface area contributed by atoms with E-state index in [1.165, 1.54) is 24.3 Å². The summed E-state index contributed by atoms with van der Waals surface area (Å²) in [6, 6.07) is -0.536. The molecule has 2 aromatic rings. The average molecular weight is 596 g/mol. The summed E-state index contributed by atoms with van der Waals surface area (Å²) in [6.45, 7) is -4.75. The van der Waals surface area contributed by atoms with Crippen LogP contribution in [0.3, 0.4) is 0 Å². The minimum atomic E-state index is -3.13. The topological polar surface area (TPSA) is 118 Å². The molecule has 2 fully saturated rings. The van der Waals surface area contributed by atoms with Gasteiger partial charge in [-0.15, -0.1) is 0 Å². The molecule has 1 aliphatic carbocycles. The number of aromatic nitrogens is 3. The van der Waals surface area contributed by atoms with Crippen LogP contribution in [0, 0.1) is 11.8 Å². The SMILES string of the molecule is [2H]C([2H])([2H])C([2H])([2H])n1nccc1C(=O)N[C@H](C(=C=O)Nc1ncc([C@@H](COC)N2CC(F)(F)CCC2=C=O)s1)C1CCC(C)CC1. The first kappa shape index (κ1) is 24.2. The Bertz CT molecular complexity index is 1500. The van der Waals surface area contributed by atoms with E-state index in [1.54, 1.807) is 5.94 Å². The molecular formula is C28H36F2N6O4S. The Labute approximate surface area is 248 Å². The van der Waals surface area contributed by atoms with Gasteiger partial charge in [-0.3, -0.25) is 9.48 Å². The lowest BCUT2D eigenvalue weighted by atomic mass is 9.78. The van der Waals surface area contributed by atoms with Gasteiger partial charge in [0.25, 0.3) is 11.8 Å². The second-order valence-corrected chi connectivity index (χ2v) is 11.5. The van der Waals surface area contributed by atoms with Gasteiger partial charge in [0, 0.05) is 43.0 Å². The summed E-state index contributed by atoms with van der Waals surface area (Å²) in [5.41, 5.74) is -0.322. The lowest BCUT2D eigenvalue weighted by Gasteiger charge is -2.39. The van der Waals surface area contributed by atoms with Crippen molar-refractivity contribution in [2.75, 3.05) is 25.6 Å². The average Bonchev–Trinajstić information content (AvgIpc) is 3.68. The van der Waals surface area contributed by atoms with Crippen LogP contribution >= 0.6 is 11.3 Å². The maximum atomic E-state index is 14.4. The molecule has 13 heteroatoms. The lowest BCUT2D eigenvalue weighted by molar-refractivity contribution is -0.0652. The van der Waals surface area contributed by atoms with Crippen molar-refractivity contribution in [1.82, 2.24) is 25.0 Å². The van der Waals surface area contributed by atoms with Crippen molar-refractivity contribution >= 4 is 34.3 Å². The fourth-order valence-electron chi connectivity index (χ4n) is 5.36. The van der Waals surface area contributed by atoms with Crippen molar-refractivity contribution < 1.29 is 34.8 Å². The fraction of sp³-hybridized carbons (Fsp3) is 0.607. The number of allylic oxidation sites excluding steroid dienone is 1. The molecule has 2 N–H and O–H groups in total. The largest absolute Gasteiger partial charge is 0.382 e. The minimum absolute atomic E-state index is 0.0321. The number of ether oxygens (including phenoxy) is 1. The summed E-state index contributed by atoms with van der Waals surface area (Å²) >= 11 is 1.05. The number of carbonyl (C=O) groups is 1. The molecule has 2 aliphatic rings. The number of alkyl halides is 2. The molecule has 0 bridgehead atoms. The summed E-state index contributed by atoms with van der Waals surface area (Å²) in [4.78, 5) is 43.6. The Balaban J connectivity index is 1.61. The third-order valence-electron chi connectivity index (χ3n) is 7.61. The number of likely N-dealkylation sites (tertiary alicyclic amines) is 1. The van der Waals surface area contributed by atoms with E-state index in [-0.39, 0.29) is 41.2 Å². The number of hydrogen-bond donors (Lipinski definition) is 2. The number of carbonyl (C=O) groups excluding carboxylic acids is 3. The van der Waals surface area contributed by atoms with Crippen molar-refractivity contribution in [2.24, 2.45) is 11.8 Å². The third-order valence-corrected chi connectivity index (χ3v) is 8.62. The summed E-state index contributed by atoms with van der Waals surface area (Å²) in [5, 5.41) is 9.65. The van der Waals surface area contributed by atoms with Crippen molar-refractivity contribution in [2.45, 2.75) is 76.8 Å². The molecule has 41 heavy (non-hydrogen) atoms. The lowest BCUT2D eigenvalue weighted by Crippen LogP contribution is -2.45. The maximum absolute atomic E-state index is 14.4. The van der Waals surface area contributed by atoms with Crippen LogP contribution in [-0.2, 0) is 20.8 Å². The van der Waals surface area contributed by atoms with E-state index in [0.29, 0.717) is 28.3 Å². The van der Waals surface area contributed by atoms with Crippen LogP contribution in [-0.4, -0.2) is 69.7 Å². The number of rotatable bonds is 11. The Kier molecular flexibility index (Phi) is 8.00. The monoisotopic (exact) mass is 595 g/mol. The number of nitrogens with one attached hydrogen (secondary N) is 2. The van der Waals surface area contributed by atoms with Crippen LogP contribution in [0.5, 0.6) is 0 Å². The third kappa shape index (κ3) is 7.29. The summed E-state index contributed by atoms with van der Waals surface area (Å²) in [5.74, 6) is -0.0228. The number of amides is 1. The van der Waals surface area contributed by atoms with E-state index in [2.05, 4.69) is 27.6 Å². The van der Waals surface area contributed by atoms with Crippen LogP contribution < -0.4 is 10.6 Å². The fourth-order valence-corrected chi connectivity index (χ4v) is 6.29. The molecule has 10 nitrogen and oxygen atoms in total. The summed E-state index contributed by atoms with van der Waals surface area (Å²) in [6.07, 6.45) is 4.89. The van der Waals surface area contributed by atoms with Gasteiger partial charge in [-0.2, -0.15) is 5.10 Å². The number of piperidine rings is 1. The van der Waals surface area contributed by atoms with Gasteiger partial charge in [-0.25, -0.2) is 23.4 Å². The molecule has 0 unspecified atom stereocenters. The van der Waals surface area contributed by atoms with Gasteiger partial charge in [0.2, 0.25) is 0 Å². The van der Waals surface area contributed by atoms with Gasteiger partial charge in [0.05, 0.1) is 38.6 Å². The molecule has 0 aromatic carbocycles. The van der Waals surface area contributed by atoms with Crippen LogP contribution in [0.1, 0.15) is 80.6 Å². The highest BCUT2D eigenvalue weighted by Crippen LogP contribution is 2.39. The minimum Gasteiger partial charge on any atom is -0.382 e. The highest BCUT2D eigenvalue weighted by atomic mass is 32.1. The van der Waals surface area contributed by atoms with Crippen molar-refractivity contribution in [1.29, 1.82) is 0 Å². The van der Waals surface area contributed by atoms with Gasteiger partial charge < -0.3 is 20.3 Å². The first-order valence-electron chi connectivity index (χ1n) is 15.8. The van der Waals surface area contributed by atoms with Crippen LogP contribution in [0.2, 0.25) is 0 Å². The molecule has 3 heterocycles. The zero-order valence-corrected chi connectivity index (χ0v) is 23.6. The van der Waals surface area contributed by atoms with Crippen molar-refractivity contribution in [3.05, 3.63) is 40.4 Å². The molecule has 222 valence electrons. The number of aryl methyl sites for hydroxylation is 1. The predicted molar refractivity (Wildman–Crippen MR) is 150 cm³/mol. The molecule has 0 spiro atoms. The number of anilines is 1. The smallest absolute Gasteiger partial charge is 0.270 e. The number of halogens is 2. The molecule has 2 atom stereocenters. The van der Waals surface area contributed by atoms with E-state index in [1.807, 2.05) is 5.94 Å². The first-order chi connectivity index (χ1) is 21.6. The van der Waals surface area contributed by atoms with Crippen LogP contribution in [0.25, 0.3) is 0 Å². The second kappa shape index (κ2) is 13.5. The van der Waals surface area contributed by atoms with E-state index in [4.69, 9.17) is 11.6 Å². The molecule has 1 saturated heterocycles. The van der Waals surface area contributed by atoms with E-state index >= 15 is 0 Å². The highest BCUT2D eigenvalue weighted by molar-refractivity contribution is 7.15. The number of nitrogens with zero attached hydrogens (tertiary/aromatic N) is 4. The zero-order chi connectivity index (χ0) is 33.9. The van der Waals surface area contributed by atoms with Gasteiger partial charge in [0.1, 0.15) is 23.3 Å². The number of thiazole rings is 1. The first-order valence-corrected chi connectivity index (χ1v) is 14.1. The molecular weight excluding hydrogens is 554 g/mol. The molecule has 1 saturated carbocycles. The predicted octanol–water partition coefficient (Wildman–Crippen LogP) is 4.25. The van der Waals surface area contributed by atoms with Crippen LogP contribution in [0.15, 0.2) is 29.9 Å². The quantitative estimate of drug-likeness (QED) is 0.371. The number of methoxy groups -OCH3 is 1. The van der Waals surface area contributed by atoms with Gasteiger partial charge >= 0.3 is 0 Å². The molecule has 4 rings (SSSR count).